The number of ether oxygens (including phenoxy) is 1. The fourth-order valence-electron chi connectivity index (χ4n) is 2.17. The van der Waals surface area contributed by atoms with Crippen LogP contribution in [0.1, 0.15) is 12.8 Å². The topological polar surface area (TPSA) is 61.8 Å². The first-order valence-corrected chi connectivity index (χ1v) is 5.04. The van der Waals surface area contributed by atoms with Crippen LogP contribution in [0.15, 0.2) is 0 Å². The lowest BCUT2D eigenvalue weighted by Crippen LogP contribution is -2.61. The van der Waals surface area contributed by atoms with Crippen molar-refractivity contribution in [2.75, 3.05) is 26.2 Å². The summed E-state index contributed by atoms with van der Waals surface area (Å²) in [6, 6.07) is -0.240. The highest BCUT2D eigenvalue weighted by atomic mass is 16.6. The summed E-state index contributed by atoms with van der Waals surface area (Å²) in [5.41, 5.74) is 0. The van der Waals surface area contributed by atoms with Gasteiger partial charge in [0.15, 0.2) is 5.79 Å². The largest absolute Gasteiger partial charge is 0.364 e. The Bertz CT molecular complexity index is 216. The Balaban J connectivity index is 2.09. The van der Waals surface area contributed by atoms with Gasteiger partial charge in [-0.3, -0.25) is 4.79 Å². The first-order valence-electron chi connectivity index (χ1n) is 5.04. The van der Waals surface area contributed by atoms with E-state index in [-0.39, 0.29) is 6.04 Å². The van der Waals surface area contributed by atoms with E-state index in [1.807, 2.05) is 0 Å². The zero-order valence-corrected chi connectivity index (χ0v) is 8.11. The molecule has 2 atom stereocenters. The summed E-state index contributed by atoms with van der Waals surface area (Å²) in [5, 5.41) is 13.3. The van der Waals surface area contributed by atoms with Crippen molar-refractivity contribution in [1.29, 1.82) is 0 Å². The molecule has 0 saturated carbocycles. The van der Waals surface area contributed by atoms with Gasteiger partial charge in [-0.05, 0) is 6.42 Å². The molecular formula is C9H16N2O3. The maximum absolute atomic E-state index is 10.8. The highest BCUT2D eigenvalue weighted by Crippen LogP contribution is 2.29. The Hall–Kier alpha value is -0.650. The van der Waals surface area contributed by atoms with Gasteiger partial charge in [-0.2, -0.15) is 0 Å². The van der Waals surface area contributed by atoms with E-state index in [9.17, 15) is 9.90 Å². The quantitative estimate of drug-likeness (QED) is 0.556. The van der Waals surface area contributed by atoms with Gasteiger partial charge in [-0.1, -0.05) is 0 Å². The molecule has 0 bridgehead atoms. The molecule has 5 nitrogen and oxygen atoms in total. The molecule has 2 fully saturated rings. The molecule has 0 spiro atoms. The number of amides is 1. The third kappa shape index (κ3) is 1.63. The first kappa shape index (κ1) is 9.89. The second kappa shape index (κ2) is 3.84. The van der Waals surface area contributed by atoms with E-state index in [1.165, 1.54) is 0 Å². The number of hydrogen-bond acceptors (Lipinski definition) is 4. The van der Waals surface area contributed by atoms with E-state index in [0.717, 1.165) is 19.4 Å². The standard InChI is InChI=1S/C9H16N2O3/c12-7-11-4-3-10-6-8(11)9(13)2-1-5-14-9/h7-8,10,13H,1-6H2/t8-,9+/m0/s1. The van der Waals surface area contributed by atoms with Crippen molar-refractivity contribution in [3.8, 4) is 0 Å². The van der Waals surface area contributed by atoms with Crippen molar-refractivity contribution in [3.63, 3.8) is 0 Å². The molecule has 0 aromatic heterocycles. The van der Waals surface area contributed by atoms with Gasteiger partial charge in [-0.15, -0.1) is 0 Å². The summed E-state index contributed by atoms with van der Waals surface area (Å²) in [7, 11) is 0. The lowest BCUT2D eigenvalue weighted by atomic mass is 10.0. The minimum Gasteiger partial charge on any atom is -0.364 e. The van der Waals surface area contributed by atoms with Crippen LogP contribution in [-0.2, 0) is 9.53 Å². The molecule has 2 N–H and O–H groups in total. The van der Waals surface area contributed by atoms with Gasteiger partial charge in [-0.25, -0.2) is 0 Å². The van der Waals surface area contributed by atoms with Gasteiger partial charge in [0, 0.05) is 26.1 Å². The summed E-state index contributed by atoms with van der Waals surface area (Å²) >= 11 is 0. The minimum absolute atomic E-state index is 0.240. The van der Waals surface area contributed by atoms with E-state index in [0.29, 0.717) is 26.1 Å². The predicted molar refractivity (Wildman–Crippen MR) is 49.6 cm³/mol. The van der Waals surface area contributed by atoms with E-state index in [2.05, 4.69) is 5.32 Å². The van der Waals surface area contributed by atoms with Crippen LogP contribution >= 0.6 is 0 Å². The molecule has 14 heavy (non-hydrogen) atoms. The lowest BCUT2D eigenvalue weighted by molar-refractivity contribution is -0.213. The second-order valence-corrected chi connectivity index (χ2v) is 3.86. The summed E-state index contributed by atoms with van der Waals surface area (Å²) in [6.07, 6.45) is 2.27. The van der Waals surface area contributed by atoms with Gasteiger partial charge in [0.1, 0.15) is 0 Å². The zero-order chi connectivity index (χ0) is 10.0. The Morgan fingerprint density at radius 1 is 1.64 bits per heavy atom. The van der Waals surface area contributed by atoms with Crippen LogP contribution in [0.4, 0.5) is 0 Å². The number of carbonyl (C=O) groups excluding carboxylic acids is 1. The summed E-state index contributed by atoms with van der Waals surface area (Å²) < 4.78 is 5.33. The number of hydrogen-bond donors (Lipinski definition) is 2. The zero-order valence-electron chi connectivity index (χ0n) is 8.11. The Morgan fingerprint density at radius 3 is 3.14 bits per heavy atom. The fourth-order valence-corrected chi connectivity index (χ4v) is 2.17. The molecule has 0 aromatic carbocycles. The molecule has 2 saturated heterocycles. The van der Waals surface area contributed by atoms with Crippen molar-refractivity contribution in [2.24, 2.45) is 0 Å². The first-order chi connectivity index (χ1) is 6.76. The molecular weight excluding hydrogens is 184 g/mol. The van der Waals surface area contributed by atoms with Crippen LogP contribution in [0.2, 0.25) is 0 Å². The number of nitrogens with one attached hydrogen (secondary N) is 1. The van der Waals surface area contributed by atoms with Crippen LogP contribution in [0, 0.1) is 0 Å². The summed E-state index contributed by atoms with van der Waals surface area (Å²) in [4.78, 5) is 12.4. The van der Waals surface area contributed by atoms with Crippen molar-refractivity contribution < 1.29 is 14.6 Å². The molecule has 1 amide bonds. The van der Waals surface area contributed by atoms with Crippen LogP contribution in [-0.4, -0.2) is 54.5 Å². The third-order valence-electron chi connectivity index (χ3n) is 2.97. The minimum atomic E-state index is -1.13. The average molecular weight is 200 g/mol. The van der Waals surface area contributed by atoms with Crippen molar-refractivity contribution in [1.82, 2.24) is 10.2 Å². The Kier molecular flexibility index (Phi) is 2.71. The highest BCUT2D eigenvalue weighted by Gasteiger charge is 2.44. The highest BCUT2D eigenvalue weighted by molar-refractivity contribution is 5.48. The molecule has 0 unspecified atom stereocenters. The van der Waals surface area contributed by atoms with Crippen molar-refractivity contribution in [2.45, 2.75) is 24.7 Å². The SMILES string of the molecule is O=CN1CCNC[C@H]1[C@@]1(O)CCCO1. The van der Waals surface area contributed by atoms with E-state index < -0.39 is 5.79 Å². The average Bonchev–Trinajstić information content (AvgIpc) is 2.66. The fraction of sp³-hybridized carbons (Fsp3) is 0.889. The molecule has 80 valence electrons. The number of carbonyl (C=O) groups is 1. The van der Waals surface area contributed by atoms with Crippen molar-refractivity contribution >= 4 is 6.41 Å². The Morgan fingerprint density at radius 2 is 2.50 bits per heavy atom. The molecule has 2 aliphatic heterocycles. The number of nitrogens with zero attached hydrogens (tertiary/aromatic N) is 1. The summed E-state index contributed by atoms with van der Waals surface area (Å²) in [5.74, 6) is -1.13. The molecule has 2 rings (SSSR count). The lowest BCUT2D eigenvalue weighted by Gasteiger charge is -2.41. The maximum Gasteiger partial charge on any atom is 0.210 e. The maximum atomic E-state index is 10.8. The summed E-state index contributed by atoms with van der Waals surface area (Å²) in [6.45, 7) is 2.61. The number of rotatable bonds is 2. The van der Waals surface area contributed by atoms with Crippen LogP contribution in [0.5, 0.6) is 0 Å². The molecule has 2 heterocycles. The molecule has 2 aliphatic rings. The molecule has 0 radical (unpaired) electrons. The van der Waals surface area contributed by atoms with Gasteiger partial charge in [0.25, 0.3) is 0 Å². The third-order valence-corrected chi connectivity index (χ3v) is 2.97. The molecule has 0 aliphatic carbocycles. The van der Waals surface area contributed by atoms with Crippen molar-refractivity contribution in [3.05, 3.63) is 0 Å². The van der Waals surface area contributed by atoms with Gasteiger partial charge in [0.05, 0.1) is 12.6 Å². The number of aliphatic hydroxyl groups is 1. The Labute approximate surface area is 83.0 Å². The van der Waals surface area contributed by atoms with Crippen LogP contribution < -0.4 is 5.32 Å². The monoisotopic (exact) mass is 200 g/mol. The van der Waals surface area contributed by atoms with E-state index in [4.69, 9.17) is 4.74 Å². The molecule has 5 heteroatoms. The normalized spacial score (nSPS) is 38.6. The molecule has 0 aromatic rings. The van der Waals surface area contributed by atoms with Crippen LogP contribution in [0.3, 0.4) is 0 Å². The van der Waals surface area contributed by atoms with E-state index in [1.54, 1.807) is 4.90 Å². The van der Waals surface area contributed by atoms with Gasteiger partial charge >= 0.3 is 0 Å². The second-order valence-electron chi connectivity index (χ2n) is 3.86. The predicted octanol–water partition coefficient (Wildman–Crippen LogP) is -1.08. The van der Waals surface area contributed by atoms with E-state index >= 15 is 0 Å². The van der Waals surface area contributed by atoms with Crippen LogP contribution in [0.25, 0.3) is 0 Å². The number of piperazine rings is 1. The van der Waals surface area contributed by atoms with Gasteiger partial charge in [0.2, 0.25) is 6.41 Å². The smallest absolute Gasteiger partial charge is 0.210 e. The van der Waals surface area contributed by atoms with Gasteiger partial charge < -0.3 is 20.1 Å².